The molecule has 1 heterocycles. The molecule has 1 saturated heterocycles. The van der Waals surface area contributed by atoms with E-state index in [-0.39, 0.29) is 23.3 Å². The second kappa shape index (κ2) is 8.14. The zero-order valence-corrected chi connectivity index (χ0v) is 14.4. The van der Waals surface area contributed by atoms with E-state index in [2.05, 4.69) is 5.32 Å². The summed E-state index contributed by atoms with van der Waals surface area (Å²) >= 11 is 0. The first-order chi connectivity index (χ1) is 12.6. The van der Waals surface area contributed by atoms with Crippen molar-refractivity contribution in [2.45, 2.75) is 12.8 Å². The molecule has 0 bridgehead atoms. The molecule has 0 aromatic heterocycles. The largest absolute Gasteiger partial charge is 0.478 e. The van der Waals surface area contributed by atoms with Gasteiger partial charge in [0.2, 0.25) is 11.8 Å². The summed E-state index contributed by atoms with van der Waals surface area (Å²) in [6.07, 6.45) is 4.95. The predicted molar refractivity (Wildman–Crippen MR) is 94.8 cm³/mol. The molecule has 7 heteroatoms. The molecule has 1 aromatic carbocycles. The number of ether oxygens (including phenoxy) is 1. The van der Waals surface area contributed by atoms with Crippen LogP contribution in [0.1, 0.15) is 23.2 Å². The number of morpholine rings is 1. The summed E-state index contributed by atoms with van der Waals surface area (Å²) in [7, 11) is 0. The molecule has 1 aliphatic heterocycles. The minimum absolute atomic E-state index is 0.000903. The number of hydrogen-bond acceptors (Lipinski definition) is 4. The van der Waals surface area contributed by atoms with Gasteiger partial charge in [0.15, 0.2) is 0 Å². The van der Waals surface area contributed by atoms with E-state index in [1.165, 1.54) is 12.1 Å². The Bertz CT molecular complexity index is 707. The van der Waals surface area contributed by atoms with Crippen molar-refractivity contribution >= 4 is 23.5 Å². The fourth-order valence-corrected chi connectivity index (χ4v) is 3.33. The van der Waals surface area contributed by atoms with Gasteiger partial charge in [-0.25, -0.2) is 4.79 Å². The fourth-order valence-electron chi connectivity index (χ4n) is 3.33. The van der Waals surface area contributed by atoms with Crippen LogP contribution in [0.5, 0.6) is 0 Å². The minimum Gasteiger partial charge on any atom is -0.478 e. The highest BCUT2D eigenvalue weighted by atomic mass is 16.5. The number of nitrogens with zero attached hydrogens (tertiary/aromatic N) is 1. The molecule has 3 rings (SSSR count). The molecule has 1 fully saturated rings. The highest BCUT2D eigenvalue weighted by Crippen LogP contribution is 2.29. The number of benzene rings is 1. The number of aromatic carboxylic acids is 1. The van der Waals surface area contributed by atoms with Gasteiger partial charge in [-0.1, -0.05) is 12.2 Å². The molecule has 1 aromatic rings. The summed E-state index contributed by atoms with van der Waals surface area (Å²) in [5, 5.41) is 11.7. The van der Waals surface area contributed by atoms with Crippen LogP contribution in [0.2, 0.25) is 0 Å². The van der Waals surface area contributed by atoms with E-state index >= 15 is 0 Å². The lowest BCUT2D eigenvalue weighted by Crippen LogP contribution is -2.47. The molecule has 2 atom stereocenters. The standard InChI is InChI=1S/C19H22N2O5/c22-17(20-14-7-5-13(6-8-14)19(24)25)15-3-1-2-4-16(15)18(23)21-9-11-26-12-10-21/h1-2,5-8,15-16H,3-4,9-12H2,(H,20,22)(H,24,25). The number of nitrogens with one attached hydrogen (secondary N) is 1. The average molecular weight is 358 g/mol. The molecule has 0 radical (unpaired) electrons. The van der Waals surface area contributed by atoms with Crippen LogP contribution in [0.3, 0.4) is 0 Å². The number of hydrogen-bond donors (Lipinski definition) is 2. The zero-order chi connectivity index (χ0) is 18.5. The summed E-state index contributed by atoms with van der Waals surface area (Å²) in [5.41, 5.74) is 0.677. The van der Waals surface area contributed by atoms with Gasteiger partial charge in [0.1, 0.15) is 0 Å². The smallest absolute Gasteiger partial charge is 0.335 e. The molecule has 2 N–H and O–H groups in total. The maximum atomic E-state index is 12.8. The van der Waals surface area contributed by atoms with Gasteiger partial charge in [0, 0.05) is 18.8 Å². The Balaban J connectivity index is 1.68. The minimum atomic E-state index is -1.02. The lowest BCUT2D eigenvalue weighted by atomic mass is 9.81. The van der Waals surface area contributed by atoms with Gasteiger partial charge in [-0.05, 0) is 37.1 Å². The maximum absolute atomic E-state index is 12.8. The van der Waals surface area contributed by atoms with Crippen LogP contribution in [0.25, 0.3) is 0 Å². The molecule has 1 aliphatic carbocycles. The molecule has 2 unspecified atom stereocenters. The molecule has 138 valence electrons. The van der Waals surface area contributed by atoms with Crippen LogP contribution >= 0.6 is 0 Å². The topological polar surface area (TPSA) is 95.9 Å². The van der Waals surface area contributed by atoms with Crippen LogP contribution < -0.4 is 5.32 Å². The van der Waals surface area contributed by atoms with Crippen LogP contribution in [-0.2, 0) is 14.3 Å². The molecular weight excluding hydrogens is 336 g/mol. The van der Waals surface area contributed by atoms with Crippen molar-refractivity contribution in [3.63, 3.8) is 0 Å². The second-order valence-electron chi connectivity index (χ2n) is 6.47. The fraction of sp³-hybridized carbons (Fsp3) is 0.421. The second-order valence-corrected chi connectivity index (χ2v) is 6.47. The number of carbonyl (C=O) groups excluding carboxylic acids is 2. The van der Waals surface area contributed by atoms with Gasteiger partial charge >= 0.3 is 5.97 Å². The van der Waals surface area contributed by atoms with E-state index in [4.69, 9.17) is 9.84 Å². The van der Waals surface area contributed by atoms with Gasteiger partial charge in [0.25, 0.3) is 0 Å². The number of carboxylic acids is 1. The van der Waals surface area contributed by atoms with Crippen molar-refractivity contribution < 1.29 is 24.2 Å². The highest BCUT2D eigenvalue weighted by molar-refractivity contribution is 5.97. The third kappa shape index (κ3) is 4.11. The average Bonchev–Trinajstić information content (AvgIpc) is 2.68. The summed E-state index contributed by atoms with van der Waals surface area (Å²) in [4.78, 5) is 38.2. The number of allylic oxidation sites excluding steroid dienone is 2. The van der Waals surface area contributed by atoms with E-state index in [0.717, 1.165) is 0 Å². The van der Waals surface area contributed by atoms with Crippen LogP contribution in [0.4, 0.5) is 5.69 Å². The molecular formula is C19H22N2O5. The Kier molecular flexibility index (Phi) is 5.68. The first-order valence-corrected chi connectivity index (χ1v) is 8.72. The SMILES string of the molecule is O=C(O)c1ccc(NC(=O)C2CC=CCC2C(=O)N2CCOCC2)cc1. The monoisotopic (exact) mass is 358 g/mol. The molecule has 2 amide bonds. The Morgan fingerprint density at radius 3 is 2.23 bits per heavy atom. The van der Waals surface area contributed by atoms with Crippen molar-refractivity contribution in [3.8, 4) is 0 Å². The van der Waals surface area contributed by atoms with Gasteiger partial charge in [-0.2, -0.15) is 0 Å². The molecule has 0 spiro atoms. The Hall–Kier alpha value is -2.67. The molecule has 2 aliphatic rings. The summed E-state index contributed by atoms with van der Waals surface area (Å²) in [5.74, 6) is -2.05. The lowest BCUT2D eigenvalue weighted by molar-refractivity contribution is -0.144. The molecule has 26 heavy (non-hydrogen) atoms. The Labute approximate surface area is 151 Å². The van der Waals surface area contributed by atoms with Gasteiger partial charge < -0.3 is 20.1 Å². The van der Waals surface area contributed by atoms with Crippen molar-refractivity contribution in [2.24, 2.45) is 11.8 Å². The lowest BCUT2D eigenvalue weighted by Gasteiger charge is -2.34. The van der Waals surface area contributed by atoms with Crippen molar-refractivity contribution in [1.29, 1.82) is 0 Å². The maximum Gasteiger partial charge on any atom is 0.335 e. The predicted octanol–water partition coefficient (Wildman–Crippen LogP) is 1.76. The number of rotatable bonds is 4. The zero-order valence-electron chi connectivity index (χ0n) is 14.4. The Morgan fingerprint density at radius 2 is 1.62 bits per heavy atom. The van der Waals surface area contributed by atoms with Crippen molar-refractivity contribution in [2.75, 3.05) is 31.6 Å². The molecule has 7 nitrogen and oxygen atoms in total. The van der Waals surface area contributed by atoms with E-state index in [1.807, 2.05) is 12.2 Å². The van der Waals surface area contributed by atoms with E-state index in [0.29, 0.717) is 44.8 Å². The third-order valence-corrected chi connectivity index (χ3v) is 4.81. The number of amides is 2. The first kappa shape index (κ1) is 18.1. The van der Waals surface area contributed by atoms with Gasteiger partial charge in [0.05, 0.1) is 30.6 Å². The third-order valence-electron chi connectivity index (χ3n) is 4.81. The number of carboxylic acid groups (broad SMARTS) is 1. The van der Waals surface area contributed by atoms with Gasteiger partial charge in [-0.3, -0.25) is 9.59 Å². The highest BCUT2D eigenvalue weighted by Gasteiger charge is 2.36. The van der Waals surface area contributed by atoms with E-state index < -0.39 is 11.9 Å². The number of anilines is 1. The number of carbonyl (C=O) groups is 3. The first-order valence-electron chi connectivity index (χ1n) is 8.72. The van der Waals surface area contributed by atoms with Crippen LogP contribution in [0.15, 0.2) is 36.4 Å². The van der Waals surface area contributed by atoms with Crippen molar-refractivity contribution in [3.05, 3.63) is 42.0 Å². The summed E-state index contributed by atoms with van der Waals surface area (Å²) < 4.78 is 5.29. The molecule has 0 saturated carbocycles. The van der Waals surface area contributed by atoms with E-state index in [9.17, 15) is 14.4 Å². The Morgan fingerprint density at radius 1 is 1.00 bits per heavy atom. The summed E-state index contributed by atoms with van der Waals surface area (Å²) in [6, 6.07) is 5.99. The van der Waals surface area contributed by atoms with Gasteiger partial charge in [-0.15, -0.1) is 0 Å². The van der Waals surface area contributed by atoms with Crippen LogP contribution in [0, 0.1) is 11.8 Å². The van der Waals surface area contributed by atoms with E-state index in [1.54, 1.807) is 17.0 Å². The van der Waals surface area contributed by atoms with Crippen molar-refractivity contribution in [1.82, 2.24) is 4.90 Å². The quantitative estimate of drug-likeness (QED) is 0.800. The summed E-state index contributed by atoms with van der Waals surface area (Å²) in [6.45, 7) is 2.18. The van der Waals surface area contributed by atoms with Crippen LogP contribution in [-0.4, -0.2) is 54.1 Å². The normalized spacial score (nSPS) is 22.7.